The fraction of sp³-hybridized carbons (Fsp3) is 0.111. The zero-order chi connectivity index (χ0) is 18.4. The molecular formula is C18H13F3N2O2. The number of pyridine rings is 1. The number of rotatable bonds is 2. The first kappa shape index (κ1) is 16.8. The Bertz CT molecular complexity index is 1050. The minimum Gasteiger partial charge on any atom is -0.365 e. The third kappa shape index (κ3) is 2.88. The summed E-state index contributed by atoms with van der Waals surface area (Å²) in [6.45, 7) is 1.65. The maximum absolute atomic E-state index is 13.1. The van der Waals surface area contributed by atoms with Crippen LogP contribution in [0.1, 0.15) is 21.5 Å². The molecule has 0 fully saturated rings. The van der Waals surface area contributed by atoms with Crippen LogP contribution < -0.4 is 11.2 Å². The number of halogens is 3. The molecule has 1 amide bonds. The maximum atomic E-state index is 13.1. The number of carbonyl (C=O) groups is 1. The van der Waals surface area contributed by atoms with Crippen LogP contribution in [0.2, 0.25) is 0 Å². The molecule has 0 radical (unpaired) electrons. The molecule has 0 bridgehead atoms. The quantitative estimate of drug-likeness (QED) is 0.773. The van der Waals surface area contributed by atoms with Gasteiger partial charge in [0.05, 0.1) is 11.1 Å². The third-order valence-electron chi connectivity index (χ3n) is 3.97. The van der Waals surface area contributed by atoms with Crippen molar-refractivity contribution in [3.05, 3.63) is 75.6 Å². The summed E-state index contributed by atoms with van der Waals surface area (Å²) in [7, 11) is 0. The number of aromatic nitrogens is 1. The number of carbonyl (C=O) groups excluding carboxylic acids is 1. The molecule has 1 heterocycles. The zero-order valence-corrected chi connectivity index (χ0v) is 13.1. The standard InChI is InChI=1S/C18H13F3N2O2/c1-10-6-7-11(18(19,20)21)8-15(10)23-9-13(17(22)25)16(24)12-4-2-3-5-14(12)23/h2-9H,1H3,(H2,22,25). The van der Waals surface area contributed by atoms with Crippen LogP contribution in [0.3, 0.4) is 0 Å². The van der Waals surface area contributed by atoms with Crippen LogP contribution in [0, 0.1) is 6.92 Å². The van der Waals surface area contributed by atoms with E-state index >= 15 is 0 Å². The van der Waals surface area contributed by atoms with E-state index < -0.39 is 23.1 Å². The van der Waals surface area contributed by atoms with Crippen molar-refractivity contribution in [3.8, 4) is 5.69 Å². The molecule has 0 spiro atoms. The van der Waals surface area contributed by atoms with E-state index in [2.05, 4.69) is 0 Å². The topological polar surface area (TPSA) is 65.1 Å². The molecule has 0 saturated carbocycles. The van der Waals surface area contributed by atoms with Gasteiger partial charge in [0.1, 0.15) is 5.56 Å². The van der Waals surface area contributed by atoms with Crippen LogP contribution >= 0.6 is 0 Å². The second kappa shape index (κ2) is 5.77. The van der Waals surface area contributed by atoms with Crippen molar-refractivity contribution in [3.63, 3.8) is 0 Å². The second-order valence-electron chi connectivity index (χ2n) is 5.62. The number of benzene rings is 2. The van der Waals surface area contributed by atoms with Crippen molar-refractivity contribution in [2.24, 2.45) is 5.73 Å². The summed E-state index contributed by atoms with van der Waals surface area (Å²) in [5.74, 6) is -0.936. The van der Waals surface area contributed by atoms with Gasteiger partial charge in [-0.1, -0.05) is 18.2 Å². The van der Waals surface area contributed by atoms with E-state index in [1.807, 2.05) is 0 Å². The average Bonchev–Trinajstić information content (AvgIpc) is 2.55. The summed E-state index contributed by atoms with van der Waals surface area (Å²) >= 11 is 0. The number of nitrogens with zero attached hydrogens (tertiary/aromatic N) is 1. The Morgan fingerprint density at radius 1 is 1.12 bits per heavy atom. The van der Waals surface area contributed by atoms with E-state index in [-0.39, 0.29) is 16.6 Å². The zero-order valence-electron chi connectivity index (χ0n) is 13.1. The van der Waals surface area contributed by atoms with Gasteiger partial charge in [-0.05, 0) is 36.8 Å². The Balaban J connectivity index is 2.42. The first-order valence-corrected chi connectivity index (χ1v) is 7.32. The molecule has 0 unspecified atom stereocenters. The number of primary amides is 1. The fourth-order valence-electron chi connectivity index (χ4n) is 2.70. The number of para-hydroxylation sites is 1. The normalized spacial score (nSPS) is 11.7. The van der Waals surface area contributed by atoms with E-state index in [1.165, 1.54) is 22.9 Å². The van der Waals surface area contributed by atoms with Crippen molar-refractivity contribution >= 4 is 16.8 Å². The highest BCUT2D eigenvalue weighted by Gasteiger charge is 2.31. The van der Waals surface area contributed by atoms with Gasteiger partial charge in [0.15, 0.2) is 0 Å². The van der Waals surface area contributed by atoms with Crippen molar-refractivity contribution in [2.45, 2.75) is 13.1 Å². The maximum Gasteiger partial charge on any atom is 0.416 e. The molecule has 0 aliphatic heterocycles. The van der Waals surface area contributed by atoms with Gasteiger partial charge in [0.25, 0.3) is 5.91 Å². The summed E-state index contributed by atoms with van der Waals surface area (Å²) in [5, 5.41) is 0.204. The highest BCUT2D eigenvalue weighted by atomic mass is 19.4. The Labute approximate surface area is 140 Å². The molecule has 0 aliphatic carbocycles. The largest absolute Gasteiger partial charge is 0.416 e. The predicted octanol–water partition coefficient (Wildman–Crippen LogP) is 3.42. The molecule has 0 aliphatic rings. The molecule has 128 valence electrons. The Kier molecular flexibility index (Phi) is 3.87. The molecule has 4 nitrogen and oxygen atoms in total. The van der Waals surface area contributed by atoms with Crippen molar-refractivity contribution < 1.29 is 18.0 Å². The number of hydrogen-bond acceptors (Lipinski definition) is 2. The summed E-state index contributed by atoms with van der Waals surface area (Å²) < 4.78 is 40.6. The highest BCUT2D eigenvalue weighted by molar-refractivity contribution is 5.96. The lowest BCUT2D eigenvalue weighted by molar-refractivity contribution is -0.137. The summed E-state index contributed by atoms with van der Waals surface area (Å²) in [6, 6.07) is 9.68. The van der Waals surface area contributed by atoms with Crippen LogP contribution in [0.25, 0.3) is 16.6 Å². The smallest absolute Gasteiger partial charge is 0.365 e. The number of nitrogens with two attached hydrogens (primary N) is 1. The van der Waals surface area contributed by atoms with Crippen molar-refractivity contribution in [2.75, 3.05) is 0 Å². The van der Waals surface area contributed by atoms with E-state index in [4.69, 9.17) is 5.73 Å². The van der Waals surface area contributed by atoms with Crippen LogP contribution in [0.15, 0.2) is 53.5 Å². The van der Waals surface area contributed by atoms with Crippen LogP contribution in [0.4, 0.5) is 13.2 Å². The molecule has 0 atom stereocenters. The molecule has 1 aromatic heterocycles. The minimum atomic E-state index is -4.51. The number of aryl methyl sites for hydroxylation is 1. The molecule has 2 aromatic carbocycles. The van der Waals surface area contributed by atoms with Gasteiger partial charge in [-0.15, -0.1) is 0 Å². The van der Waals surface area contributed by atoms with Gasteiger partial charge in [0.2, 0.25) is 5.43 Å². The number of hydrogen-bond donors (Lipinski definition) is 1. The van der Waals surface area contributed by atoms with Gasteiger partial charge in [0, 0.05) is 17.3 Å². The first-order valence-electron chi connectivity index (χ1n) is 7.32. The van der Waals surface area contributed by atoms with Gasteiger partial charge in [-0.25, -0.2) is 0 Å². The molecule has 25 heavy (non-hydrogen) atoms. The van der Waals surface area contributed by atoms with Gasteiger partial charge in [-0.2, -0.15) is 13.2 Å². The Morgan fingerprint density at radius 3 is 2.44 bits per heavy atom. The predicted molar refractivity (Wildman–Crippen MR) is 87.8 cm³/mol. The lowest BCUT2D eigenvalue weighted by Gasteiger charge is -2.17. The van der Waals surface area contributed by atoms with Crippen LogP contribution in [-0.4, -0.2) is 10.5 Å². The van der Waals surface area contributed by atoms with Gasteiger partial charge >= 0.3 is 6.18 Å². The lowest BCUT2D eigenvalue weighted by atomic mass is 10.1. The Hall–Kier alpha value is -3.09. The van der Waals surface area contributed by atoms with Crippen molar-refractivity contribution in [1.29, 1.82) is 0 Å². The van der Waals surface area contributed by atoms with Crippen LogP contribution in [-0.2, 0) is 6.18 Å². The Morgan fingerprint density at radius 2 is 1.80 bits per heavy atom. The van der Waals surface area contributed by atoms with Crippen molar-refractivity contribution in [1.82, 2.24) is 4.57 Å². The number of fused-ring (bicyclic) bond motifs is 1. The van der Waals surface area contributed by atoms with E-state index in [9.17, 15) is 22.8 Å². The van der Waals surface area contributed by atoms with Gasteiger partial charge in [-0.3, -0.25) is 9.59 Å². The highest BCUT2D eigenvalue weighted by Crippen LogP contribution is 2.32. The molecule has 2 N–H and O–H groups in total. The molecule has 7 heteroatoms. The molecule has 3 aromatic rings. The van der Waals surface area contributed by atoms with E-state index in [0.717, 1.165) is 12.1 Å². The molecular weight excluding hydrogens is 333 g/mol. The fourth-order valence-corrected chi connectivity index (χ4v) is 2.70. The second-order valence-corrected chi connectivity index (χ2v) is 5.62. The molecule has 0 saturated heterocycles. The SMILES string of the molecule is Cc1ccc(C(F)(F)F)cc1-n1cc(C(N)=O)c(=O)c2ccccc21. The molecule has 3 rings (SSSR count). The lowest BCUT2D eigenvalue weighted by Crippen LogP contribution is -2.24. The monoisotopic (exact) mass is 346 g/mol. The number of alkyl halides is 3. The van der Waals surface area contributed by atoms with Crippen LogP contribution in [0.5, 0.6) is 0 Å². The van der Waals surface area contributed by atoms with E-state index in [0.29, 0.717) is 11.1 Å². The summed E-state index contributed by atoms with van der Waals surface area (Å²) in [4.78, 5) is 24.0. The summed E-state index contributed by atoms with van der Waals surface area (Å²) in [5.41, 5.74) is 4.76. The van der Waals surface area contributed by atoms with E-state index in [1.54, 1.807) is 25.1 Å². The first-order chi connectivity index (χ1) is 11.7. The minimum absolute atomic E-state index is 0.204. The number of amides is 1. The average molecular weight is 346 g/mol. The van der Waals surface area contributed by atoms with Gasteiger partial charge < -0.3 is 10.3 Å². The summed E-state index contributed by atoms with van der Waals surface area (Å²) in [6.07, 6.45) is -3.32. The third-order valence-corrected chi connectivity index (χ3v) is 3.97.